The Morgan fingerprint density at radius 3 is 2.14 bits per heavy atom. The molecule has 2 N–H and O–H groups in total. The molecule has 0 bridgehead atoms. The number of rotatable bonds is 5. The molecule has 0 aliphatic rings. The molecule has 0 saturated heterocycles. The fourth-order valence-corrected chi connectivity index (χ4v) is 1.05. The van der Waals surface area contributed by atoms with Gasteiger partial charge in [-0.2, -0.15) is 0 Å². The summed E-state index contributed by atoms with van der Waals surface area (Å²) >= 11 is 0. The molecule has 4 heteroatoms. The van der Waals surface area contributed by atoms with Crippen LogP contribution in [0.4, 0.5) is 0 Å². The van der Waals surface area contributed by atoms with Crippen molar-refractivity contribution in [2.24, 2.45) is 0 Å². The molecule has 0 amide bonds. The molecule has 0 aliphatic carbocycles. The van der Waals surface area contributed by atoms with Crippen molar-refractivity contribution in [1.82, 2.24) is 0 Å². The van der Waals surface area contributed by atoms with Gasteiger partial charge in [0.25, 0.3) is 0 Å². The maximum Gasteiger partial charge on any atom is 0.313 e. The second kappa shape index (κ2) is 4.21. The van der Waals surface area contributed by atoms with Gasteiger partial charge in [-0.25, -0.2) is 0 Å². The Bertz CT molecular complexity index is 244. The first-order chi connectivity index (χ1) is 6.14. The Kier molecular flexibility index (Phi) is 4.00. The highest BCUT2D eigenvalue weighted by molar-refractivity contribution is 5.95. The van der Waals surface area contributed by atoms with Gasteiger partial charge in [-0.1, -0.05) is 13.5 Å². The van der Waals surface area contributed by atoms with Gasteiger partial charge in [0.1, 0.15) is 6.54 Å². The van der Waals surface area contributed by atoms with Crippen LogP contribution >= 0.6 is 0 Å². The molecular weight excluding hydrogens is 182 g/mol. The highest BCUT2D eigenvalue weighted by Gasteiger charge is 2.41. The van der Waals surface area contributed by atoms with Gasteiger partial charge in [-0.3, -0.25) is 9.28 Å². The van der Waals surface area contributed by atoms with Crippen LogP contribution in [0.3, 0.4) is 0 Å². The monoisotopic (exact) mass is 202 g/mol. The van der Waals surface area contributed by atoms with Crippen LogP contribution in [0.5, 0.6) is 0 Å². The quantitative estimate of drug-likeness (QED) is 0.382. The molecule has 0 atom stereocenters. The molecule has 82 valence electrons. The summed E-state index contributed by atoms with van der Waals surface area (Å²) in [6, 6.07) is 0. The van der Waals surface area contributed by atoms with E-state index < -0.39 is 5.91 Å². The number of carbonyl (C=O) groups excluding carboxylic acids is 1. The number of quaternary nitrogens is 1. The Morgan fingerprint density at radius 1 is 1.43 bits per heavy atom. The van der Waals surface area contributed by atoms with E-state index in [0.29, 0.717) is 5.57 Å². The zero-order valence-corrected chi connectivity index (χ0v) is 9.37. The summed E-state index contributed by atoms with van der Waals surface area (Å²) in [6.07, 6.45) is 0.170. The maximum absolute atomic E-state index is 11.4. The molecule has 0 aliphatic heterocycles. The Hall–Kier alpha value is -0.710. The molecule has 0 spiro atoms. The van der Waals surface area contributed by atoms with Gasteiger partial charge in [0.2, 0.25) is 5.78 Å². The van der Waals surface area contributed by atoms with Gasteiger partial charge in [-0.05, 0) is 12.5 Å². The highest BCUT2D eigenvalue weighted by atomic mass is 16.5. The standard InChI is InChI=1S/C10H20NO3/c1-6-10(13,14)11(4,5)7-9(12)8(2)3/h13-14H,2,6-7H2,1,3-5H3/q+1. The fourth-order valence-electron chi connectivity index (χ4n) is 1.05. The minimum atomic E-state index is -1.87. The van der Waals surface area contributed by atoms with Crippen LogP contribution in [-0.4, -0.2) is 47.0 Å². The zero-order chi connectivity index (χ0) is 11.6. The van der Waals surface area contributed by atoms with Crippen molar-refractivity contribution in [3.05, 3.63) is 12.2 Å². The molecule has 0 aromatic carbocycles. The largest absolute Gasteiger partial charge is 0.319 e. The number of aliphatic hydroxyl groups is 2. The average Bonchev–Trinajstić information content (AvgIpc) is 2.03. The summed E-state index contributed by atoms with van der Waals surface area (Å²) in [5.41, 5.74) is 0.433. The average molecular weight is 202 g/mol. The van der Waals surface area contributed by atoms with Gasteiger partial charge in [0, 0.05) is 0 Å². The molecule has 0 fully saturated rings. The van der Waals surface area contributed by atoms with Crippen molar-refractivity contribution in [3.63, 3.8) is 0 Å². The third-order valence-electron chi connectivity index (χ3n) is 2.46. The van der Waals surface area contributed by atoms with Crippen LogP contribution in [0.2, 0.25) is 0 Å². The molecule has 0 aromatic heterocycles. The SMILES string of the molecule is C=C(C)C(=O)C[N+](C)(C)C(O)(O)CC. The van der Waals surface area contributed by atoms with E-state index in [9.17, 15) is 15.0 Å². The van der Waals surface area contributed by atoms with Crippen molar-refractivity contribution in [2.45, 2.75) is 26.2 Å². The van der Waals surface area contributed by atoms with Crippen LogP contribution < -0.4 is 0 Å². The zero-order valence-electron chi connectivity index (χ0n) is 9.37. The van der Waals surface area contributed by atoms with Crippen LogP contribution in [0.1, 0.15) is 20.3 Å². The van der Waals surface area contributed by atoms with Crippen molar-refractivity contribution >= 4 is 5.78 Å². The third kappa shape index (κ3) is 2.90. The van der Waals surface area contributed by atoms with Crippen LogP contribution in [0.25, 0.3) is 0 Å². The van der Waals surface area contributed by atoms with Crippen molar-refractivity contribution in [2.75, 3.05) is 20.6 Å². The summed E-state index contributed by atoms with van der Waals surface area (Å²) in [5.74, 6) is -2.03. The molecule has 0 heterocycles. The van der Waals surface area contributed by atoms with Crippen LogP contribution in [0, 0.1) is 0 Å². The van der Waals surface area contributed by atoms with Gasteiger partial charge >= 0.3 is 5.91 Å². The van der Waals surface area contributed by atoms with Gasteiger partial charge in [0.05, 0.1) is 20.5 Å². The summed E-state index contributed by atoms with van der Waals surface area (Å²) in [7, 11) is 3.20. The summed E-state index contributed by atoms with van der Waals surface area (Å²) < 4.78 is -0.171. The lowest BCUT2D eigenvalue weighted by Crippen LogP contribution is -2.61. The Balaban J connectivity index is 4.65. The first kappa shape index (κ1) is 13.3. The third-order valence-corrected chi connectivity index (χ3v) is 2.46. The van der Waals surface area contributed by atoms with Crippen molar-refractivity contribution in [3.8, 4) is 0 Å². The van der Waals surface area contributed by atoms with Crippen molar-refractivity contribution in [1.29, 1.82) is 0 Å². The normalized spacial score (nSPS) is 12.7. The van der Waals surface area contributed by atoms with Gasteiger partial charge in [0.15, 0.2) is 0 Å². The van der Waals surface area contributed by atoms with E-state index in [2.05, 4.69) is 6.58 Å². The number of hydrogen-bond acceptors (Lipinski definition) is 3. The Labute approximate surface area is 85.1 Å². The van der Waals surface area contributed by atoms with Gasteiger partial charge < -0.3 is 10.2 Å². The van der Waals surface area contributed by atoms with E-state index in [1.165, 1.54) is 0 Å². The predicted octanol–water partition coefficient (Wildman–Crippen LogP) is 0.256. The smallest absolute Gasteiger partial charge is 0.313 e. The van der Waals surface area contributed by atoms with E-state index in [1.807, 2.05) is 0 Å². The van der Waals surface area contributed by atoms with E-state index >= 15 is 0 Å². The predicted molar refractivity (Wildman–Crippen MR) is 54.3 cm³/mol. The van der Waals surface area contributed by atoms with E-state index in [-0.39, 0.29) is 23.2 Å². The number of Topliss-reactive ketones (excluding diaryl/α,β-unsaturated/α-hetero) is 1. The molecule has 14 heavy (non-hydrogen) atoms. The summed E-state index contributed by atoms with van der Waals surface area (Å²) in [6.45, 7) is 6.84. The second-order valence-corrected chi connectivity index (χ2v) is 4.17. The van der Waals surface area contributed by atoms with E-state index in [0.717, 1.165) is 0 Å². The molecule has 0 unspecified atom stereocenters. The minimum absolute atomic E-state index is 0.0379. The lowest BCUT2D eigenvalue weighted by molar-refractivity contribution is -0.988. The molecule has 0 saturated carbocycles. The number of carbonyl (C=O) groups is 1. The second-order valence-electron chi connectivity index (χ2n) is 4.17. The molecule has 0 radical (unpaired) electrons. The number of nitrogens with zero attached hydrogens (tertiary/aromatic N) is 1. The fraction of sp³-hybridized carbons (Fsp3) is 0.700. The van der Waals surface area contributed by atoms with E-state index in [4.69, 9.17) is 0 Å². The molecule has 4 nitrogen and oxygen atoms in total. The topological polar surface area (TPSA) is 57.5 Å². The lowest BCUT2D eigenvalue weighted by atomic mass is 10.1. The summed E-state index contributed by atoms with van der Waals surface area (Å²) in [5, 5.41) is 19.3. The number of hydrogen-bond donors (Lipinski definition) is 2. The molecule has 0 rings (SSSR count). The lowest BCUT2D eigenvalue weighted by Gasteiger charge is -2.39. The minimum Gasteiger partial charge on any atom is -0.319 e. The summed E-state index contributed by atoms with van der Waals surface area (Å²) in [4.78, 5) is 11.4. The first-order valence-electron chi connectivity index (χ1n) is 4.60. The highest BCUT2D eigenvalue weighted by Crippen LogP contribution is 2.18. The van der Waals surface area contributed by atoms with E-state index in [1.54, 1.807) is 27.9 Å². The van der Waals surface area contributed by atoms with Crippen LogP contribution in [-0.2, 0) is 4.79 Å². The molecule has 0 aromatic rings. The van der Waals surface area contributed by atoms with Gasteiger partial charge in [-0.15, -0.1) is 0 Å². The Morgan fingerprint density at radius 2 is 1.86 bits per heavy atom. The first-order valence-corrected chi connectivity index (χ1v) is 4.60. The van der Waals surface area contributed by atoms with Crippen molar-refractivity contribution < 1.29 is 19.5 Å². The number of ketones is 1. The van der Waals surface area contributed by atoms with Crippen LogP contribution in [0.15, 0.2) is 12.2 Å². The maximum atomic E-state index is 11.4. The molecular formula is C10H20NO3+. The number of likely N-dealkylation sites (N-methyl/N-ethyl adjacent to an activating group) is 1.